The molecule has 0 aliphatic carbocycles. The van der Waals surface area contributed by atoms with Crippen molar-refractivity contribution in [3.63, 3.8) is 0 Å². The maximum Gasteiger partial charge on any atom is 0.137 e. The fourth-order valence-electron chi connectivity index (χ4n) is 1.13. The van der Waals surface area contributed by atoms with Gasteiger partial charge in [-0.25, -0.2) is 0 Å². The summed E-state index contributed by atoms with van der Waals surface area (Å²) in [5.41, 5.74) is 2.83. The maximum absolute atomic E-state index is 9.52. The van der Waals surface area contributed by atoms with Crippen molar-refractivity contribution in [3.8, 4) is 5.75 Å². The van der Waals surface area contributed by atoms with E-state index in [0.717, 1.165) is 17.0 Å². The molecule has 0 spiro atoms. The van der Waals surface area contributed by atoms with E-state index in [-0.39, 0.29) is 5.92 Å². The highest BCUT2D eigenvalue weighted by Gasteiger charge is 2.08. The average molecular weight is 165 g/mol. The van der Waals surface area contributed by atoms with E-state index in [4.69, 9.17) is 0 Å². The predicted molar refractivity (Wildman–Crippen MR) is 49.5 cm³/mol. The molecule has 0 saturated carbocycles. The van der Waals surface area contributed by atoms with Crippen LogP contribution >= 0.6 is 0 Å². The lowest BCUT2D eigenvalue weighted by Crippen LogP contribution is -1.97. The molecule has 0 aliphatic rings. The number of pyridine rings is 1. The molecule has 0 aromatic carbocycles. The first-order valence-electron chi connectivity index (χ1n) is 4.19. The zero-order valence-electron chi connectivity index (χ0n) is 8.05. The number of aromatic nitrogens is 1. The summed E-state index contributed by atoms with van der Waals surface area (Å²) in [5.74, 6) is 0.595. The molecule has 0 atom stereocenters. The molecule has 0 saturated heterocycles. The van der Waals surface area contributed by atoms with Gasteiger partial charge in [-0.1, -0.05) is 13.8 Å². The summed E-state index contributed by atoms with van der Waals surface area (Å²) in [4.78, 5) is 4.32. The molecule has 1 rings (SSSR count). The Bertz CT molecular complexity index is 292. The Morgan fingerprint density at radius 3 is 2.42 bits per heavy atom. The van der Waals surface area contributed by atoms with Crippen LogP contribution < -0.4 is 0 Å². The minimum atomic E-state index is 0.282. The molecule has 0 bridgehead atoms. The SMILES string of the molecule is Cc1cc(O)c(C(C)C)nc1C. The van der Waals surface area contributed by atoms with E-state index >= 15 is 0 Å². The van der Waals surface area contributed by atoms with Gasteiger partial charge >= 0.3 is 0 Å². The largest absolute Gasteiger partial charge is 0.506 e. The van der Waals surface area contributed by atoms with Crippen LogP contribution in [-0.4, -0.2) is 10.1 Å². The maximum atomic E-state index is 9.52. The molecule has 1 heterocycles. The van der Waals surface area contributed by atoms with E-state index in [0.29, 0.717) is 5.75 Å². The molecule has 66 valence electrons. The second-order valence-corrected chi connectivity index (χ2v) is 3.45. The van der Waals surface area contributed by atoms with Gasteiger partial charge in [-0.3, -0.25) is 4.98 Å². The molecule has 0 radical (unpaired) electrons. The molecule has 2 nitrogen and oxygen atoms in total. The first-order chi connectivity index (χ1) is 5.52. The van der Waals surface area contributed by atoms with Gasteiger partial charge in [0.15, 0.2) is 0 Å². The average Bonchev–Trinajstić information content (AvgIpc) is 1.96. The summed E-state index contributed by atoms with van der Waals surface area (Å²) in [5, 5.41) is 9.52. The van der Waals surface area contributed by atoms with Gasteiger partial charge in [0, 0.05) is 5.69 Å². The second-order valence-electron chi connectivity index (χ2n) is 3.45. The van der Waals surface area contributed by atoms with E-state index in [1.165, 1.54) is 0 Å². The van der Waals surface area contributed by atoms with E-state index < -0.39 is 0 Å². The summed E-state index contributed by atoms with van der Waals surface area (Å²) in [6.07, 6.45) is 0. The predicted octanol–water partition coefficient (Wildman–Crippen LogP) is 2.53. The smallest absolute Gasteiger partial charge is 0.137 e. The van der Waals surface area contributed by atoms with E-state index in [9.17, 15) is 5.11 Å². The van der Waals surface area contributed by atoms with E-state index in [1.54, 1.807) is 6.07 Å². The lowest BCUT2D eigenvalue weighted by Gasteiger charge is -2.09. The highest BCUT2D eigenvalue weighted by Crippen LogP contribution is 2.24. The Labute approximate surface area is 73.3 Å². The van der Waals surface area contributed by atoms with Crippen LogP contribution in [0.2, 0.25) is 0 Å². The van der Waals surface area contributed by atoms with Crippen molar-refractivity contribution in [3.05, 3.63) is 23.0 Å². The monoisotopic (exact) mass is 165 g/mol. The third-order valence-electron chi connectivity index (χ3n) is 2.02. The van der Waals surface area contributed by atoms with Crippen molar-refractivity contribution in [1.82, 2.24) is 4.98 Å². The van der Waals surface area contributed by atoms with Gasteiger partial charge in [0.1, 0.15) is 5.75 Å². The highest BCUT2D eigenvalue weighted by molar-refractivity contribution is 5.34. The number of aryl methyl sites for hydroxylation is 2. The molecular weight excluding hydrogens is 150 g/mol. The van der Waals surface area contributed by atoms with Crippen molar-refractivity contribution in [2.45, 2.75) is 33.6 Å². The Morgan fingerprint density at radius 2 is 1.92 bits per heavy atom. The Morgan fingerprint density at radius 1 is 1.33 bits per heavy atom. The topological polar surface area (TPSA) is 33.1 Å². The van der Waals surface area contributed by atoms with Crippen molar-refractivity contribution < 1.29 is 5.11 Å². The zero-order valence-corrected chi connectivity index (χ0v) is 8.05. The van der Waals surface area contributed by atoms with Gasteiger partial charge in [-0.2, -0.15) is 0 Å². The van der Waals surface area contributed by atoms with E-state index in [2.05, 4.69) is 4.98 Å². The Hall–Kier alpha value is -1.05. The molecule has 1 aromatic rings. The number of hydrogen-bond donors (Lipinski definition) is 1. The zero-order chi connectivity index (χ0) is 9.30. The third-order valence-corrected chi connectivity index (χ3v) is 2.02. The van der Waals surface area contributed by atoms with Crippen molar-refractivity contribution in [2.24, 2.45) is 0 Å². The number of rotatable bonds is 1. The molecule has 1 aromatic heterocycles. The summed E-state index contributed by atoms with van der Waals surface area (Å²) in [6, 6.07) is 1.78. The van der Waals surface area contributed by atoms with Crippen LogP contribution in [0.3, 0.4) is 0 Å². The number of nitrogens with zero attached hydrogens (tertiary/aromatic N) is 1. The molecule has 0 aliphatic heterocycles. The normalized spacial score (nSPS) is 10.8. The summed E-state index contributed by atoms with van der Waals surface area (Å²) in [7, 11) is 0. The minimum Gasteiger partial charge on any atom is -0.506 e. The van der Waals surface area contributed by atoms with Crippen LogP contribution in [0.1, 0.15) is 36.7 Å². The Kier molecular flexibility index (Phi) is 2.36. The van der Waals surface area contributed by atoms with Crippen LogP contribution in [-0.2, 0) is 0 Å². The summed E-state index contributed by atoms with van der Waals surface area (Å²) < 4.78 is 0. The Balaban J connectivity index is 3.23. The van der Waals surface area contributed by atoms with Crippen molar-refractivity contribution in [1.29, 1.82) is 0 Å². The second kappa shape index (κ2) is 3.13. The third kappa shape index (κ3) is 1.58. The lowest BCUT2D eigenvalue weighted by atomic mass is 10.1. The van der Waals surface area contributed by atoms with E-state index in [1.807, 2.05) is 27.7 Å². The van der Waals surface area contributed by atoms with Crippen LogP contribution in [0.4, 0.5) is 0 Å². The first kappa shape index (κ1) is 9.04. The molecule has 0 unspecified atom stereocenters. The van der Waals surface area contributed by atoms with Gasteiger partial charge in [0.25, 0.3) is 0 Å². The molecule has 2 heteroatoms. The van der Waals surface area contributed by atoms with Crippen molar-refractivity contribution >= 4 is 0 Å². The minimum absolute atomic E-state index is 0.282. The van der Waals surface area contributed by atoms with Gasteiger partial charge in [0.05, 0.1) is 5.69 Å². The van der Waals surface area contributed by atoms with Gasteiger partial charge in [0.2, 0.25) is 0 Å². The molecular formula is C10H15NO. The van der Waals surface area contributed by atoms with Gasteiger partial charge in [-0.15, -0.1) is 0 Å². The summed E-state index contributed by atoms with van der Waals surface area (Å²) in [6.45, 7) is 7.96. The standard InChI is InChI=1S/C10H15NO/c1-6(2)10-9(12)5-7(3)8(4)11-10/h5-6,12H,1-4H3. The number of aromatic hydroxyl groups is 1. The lowest BCUT2D eigenvalue weighted by molar-refractivity contribution is 0.459. The van der Waals surface area contributed by atoms with Crippen LogP contribution in [0, 0.1) is 13.8 Å². The fraction of sp³-hybridized carbons (Fsp3) is 0.500. The van der Waals surface area contributed by atoms with Crippen LogP contribution in [0.5, 0.6) is 5.75 Å². The molecule has 0 fully saturated rings. The van der Waals surface area contributed by atoms with Crippen LogP contribution in [0.25, 0.3) is 0 Å². The molecule has 0 amide bonds. The van der Waals surface area contributed by atoms with Crippen LogP contribution in [0.15, 0.2) is 6.07 Å². The quantitative estimate of drug-likeness (QED) is 0.693. The molecule has 12 heavy (non-hydrogen) atoms. The fourth-order valence-corrected chi connectivity index (χ4v) is 1.13. The number of hydrogen-bond acceptors (Lipinski definition) is 2. The molecule has 1 N–H and O–H groups in total. The first-order valence-corrected chi connectivity index (χ1v) is 4.19. The highest BCUT2D eigenvalue weighted by atomic mass is 16.3. The summed E-state index contributed by atoms with van der Waals surface area (Å²) >= 11 is 0. The van der Waals surface area contributed by atoms with Crippen molar-refractivity contribution in [2.75, 3.05) is 0 Å². The van der Waals surface area contributed by atoms with Gasteiger partial charge in [-0.05, 0) is 31.4 Å². The van der Waals surface area contributed by atoms with Gasteiger partial charge < -0.3 is 5.11 Å².